The summed E-state index contributed by atoms with van der Waals surface area (Å²) in [5.74, 6) is 0.774. The van der Waals surface area contributed by atoms with Gasteiger partial charge in [0.25, 0.3) is 0 Å². The van der Waals surface area contributed by atoms with Crippen LogP contribution in [0.3, 0.4) is 0 Å². The zero-order chi connectivity index (χ0) is 17.8. The maximum absolute atomic E-state index is 12.4. The lowest BCUT2D eigenvalue weighted by Gasteiger charge is -2.24. The number of hydrogen-bond donors (Lipinski definition) is 1. The van der Waals surface area contributed by atoms with Crippen LogP contribution in [0.4, 0.5) is 0 Å². The van der Waals surface area contributed by atoms with Crippen LogP contribution in [0.5, 0.6) is 0 Å². The molecule has 3 rings (SSSR count). The minimum absolute atomic E-state index is 0.0846. The second kappa shape index (κ2) is 7.99. The molecule has 1 fully saturated rings. The standard InChI is InChI=1S/C18H25N5OS/c1-12-11-13(2)23(22-12)16-9-10-17(21-20-16)25-14(3)18(24)19-15-7-5-4-6-8-15/h9-11,14-15H,4-8H2,1-3H3,(H,19,24)/t14-/m1/s1. The number of nitrogens with zero attached hydrogens (tertiary/aromatic N) is 4. The van der Waals surface area contributed by atoms with Crippen molar-refractivity contribution in [3.05, 3.63) is 29.6 Å². The minimum Gasteiger partial charge on any atom is -0.352 e. The van der Waals surface area contributed by atoms with Crippen LogP contribution >= 0.6 is 11.8 Å². The lowest BCUT2D eigenvalue weighted by Crippen LogP contribution is -2.40. The average molecular weight is 359 g/mol. The Labute approximate surface area is 152 Å². The van der Waals surface area contributed by atoms with E-state index in [0.717, 1.165) is 29.3 Å². The number of amides is 1. The van der Waals surface area contributed by atoms with Gasteiger partial charge in [-0.3, -0.25) is 4.79 Å². The smallest absolute Gasteiger partial charge is 0.233 e. The zero-order valence-electron chi connectivity index (χ0n) is 15.0. The van der Waals surface area contributed by atoms with E-state index in [1.165, 1.54) is 31.0 Å². The molecule has 0 spiro atoms. The van der Waals surface area contributed by atoms with E-state index in [0.29, 0.717) is 11.9 Å². The third-order valence-electron chi connectivity index (χ3n) is 4.47. The molecule has 134 valence electrons. The second-order valence-electron chi connectivity index (χ2n) is 6.67. The van der Waals surface area contributed by atoms with Crippen LogP contribution < -0.4 is 5.32 Å². The molecule has 0 unspecified atom stereocenters. The number of carbonyl (C=O) groups excluding carboxylic acids is 1. The molecule has 1 N–H and O–H groups in total. The molecule has 0 saturated heterocycles. The Morgan fingerprint density at radius 1 is 1.24 bits per heavy atom. The summed E-state index contributed by atoms with van der Waals surface area (Å²) in [6, 6.07) is 6.12. The highest BCUT2D eigenvalue weighted by molar-refractivity contribution is 8.00. The largest absolute Gasteiger partial charge is 0.352 e. The highest BCUT2D eigenvalue weighted by Crippen LogP contribution is 2.23. The minimum atomic E-state index is -0.184. The molecule has 2 aromatic rings. The van der Waals surface area contributed by atoms with Gasteiger partial charge in [-0.25, -0.2) is 4.68 Å². The van der Waals surface area contributed by atoms with Crippen LogP contribution in [-0.4, -0.2) is 37.2 Å². The summed E-state index contributed by atoms with van der Waals surface area (Å²) in [5.41, 5.74) is 1.97. The SMILES string of the molecule is Cc1cc(C)n(-c2ccc(S[C@H](C)C(=O)NC3CCCCC3)nn2)n1. The van der Waals surface area contributed by atoms with Gasteiger partial charge in [-0.2, -0.15) is 5.10 Å². The molecule has 0 radical (unpaired) electrons. The van der Waals surface area contributed by atoms with Crippen molar-refractivity contribution in [2.75, 3.05) is 0 Å². The van der Waals surface area contributed by atoms with E-state index in [1.54, 1.807) is 4.68 Å². The molecule has 2 aromatic heterocycles. The van der Waals surface area contributed by atoms with Crippen LogP contribution in [-0.2, 0) is 4.79 Å². The van der Waals surface area contributed by atoms with Gasteiger partial charge in [0.2, 0.25) is 5.91 Å². The number of carbonyl (C=O) groups is 1. The number of aromatic nitrogens is 4. The van der Waals surface area contributed by atoms with Gasteiger partial charge >= 0.3 is 0 Å². The van der Waals surface area contributed by atoms with Crippen molar-refractivity contribution >= 4 is 17.7 Å². The van der Waals surface area contributed by atoms with Gasteiger partial charge in [-0.1, -0.05) is 31.0 Å². The van der Waals surface area contributed by atoms with E-state index in [1.807, 2.05) is 39.0 Å². The summed E-state index contributed by atoms with van der Waals surface area (Å²) in [6.07, 6.45) is 5.91. The Morgan fingerprint density at radius 3 is 2.60 bits per heavy atom. The molecule has 0 aliphatic heterocycles. The van der Waals surface area contributed by atoms with Crippen molar-refractivity contribution in [1.82, 2.24) is 25.3 Å². The fourth-order valence-electron chi connectivity index (χ4n) is 3.15. The lowest BCUT2D eigenvalue weighted by molar-refractivity contribution is -0.121. The van der Waals surface area contributed by atoms with Crippen LogP contribution in [0.25, 0.3) is 5.82 Å². The maximum atomic E-state index is 12.4. The molecule has 1 aliphatic carbocycles. The summed E-state index contributed by atoms with van der Waals surface area (Å²) in [4.78, 5) is 12.4. The third-order valence-corrected chi connectivity index (χ3v) is 5.50. The fourth-order valence-corrected chi connectivity index (χ4v) is 3.92. The molecule has 1 atom stereocenters. The normalized spacial score (nSPS) is 16.6. The van der Waals surface area contributed by atoms with E-state index in [9.17, 15) is 4.79 Å². The third kappa shape index (κ3) is 4.60. The molecule has 25 heavy (non-hydrogen) atoms. The first-order valence-corrected chi connectivity index (χ1v) is 9.75. The Kier molecular flexibility index (Phi) is 5.73. The number of aryl methyl sites for hydroxylation is 2. The van der Waals surface area contributed by atoms with Gasteiger partial charge in [0.15, 0.2) is 5.82 Å². The van der Waals surface area contributed by atoms with E-state index in [2.05, 4.69) is 20.6 Å². The van der Waals surface area contributed by atoms with Crippen molar-refractivity contribution in [3.8, 4) is 5.82 Å². The monoisotopic (exact) mass is 359 g/mol. The van der Waals surface area contributed by atoms with Gasteiger partial charge in [0, 0.05) is 11.7 Å². The molecule has 6 nitrogen and oxygen atoms in total. The topological polar surface area (TPSA) is 72.7 Å². The number of thioether (sulfide) groups is 1. The van der Waals surface area contributed by atoms with Gasteiger partial charge in [0.1, 0.15) is 5.03 Å². The number of hydrogen-bond acceptors (Lipinski definition) is 5. The van der Waals surface area contributed by atoms with Crippen molar-refractivity contribution in [2.45, 2.75) is 69.2 Å². The first-order valence-electron chi connectivity index (χ1n) is 8.87. The quantitative estimate of drug-likeness (QED) is 0.830. The van der Waals surface area contributed by atoms with Crippen molar-refractivity contribution in [3.63, 3.8) is 0 Å². The first kappa shape index (κ1) is 17.9. The fraction of sp³-hybridized carbons (Fsp3) is 0.556. The van der Waals surface area contributed by atoms with Crippen LogP contribution in [0.1, 0.15) is 50.4 Å². The molecule has 1 amide bonds. The van der Waals surface area contributed by atoms with Crippen LogP contribution in [0.2, 0.25) is 0 Å². The first-order chi connectivity index (χ1) is 12.0. The average Bonchev–Trinajstić information content (AvgIpc) is 2.95. The van der Waals surface area contributed by atoms with E-state index < -0.39 is 0 Å². The summed E-state index contributed by atoms with van der Waals surface area (Å²) in [6.45, 7) is 5.86. The van der Waals surface area contributed by atoms with Crippen LogP contribution in [0, 0.1) is 13.8 Å². The van der Waals surface area contributed by atoms with E-state index >= 15 is 0 Å². The second-order valence-corrected chi connectivity index (χ2v) is 8.03. The molecular weight excluding hydrogens is 334 g/mol. The molecular formula is C18H25N5OS. The van der Waals surface area contributed by atoms with Gasteiger partial charge < -0.3 is 5.32 Å². The summed E-state index contributed by atoms with van der Waals surface area (Å²) >= 11 is 1.44. The maximum Gasteiger partial charge on any atom is 0.233 e. The van der Waals surface area contributed by atoms with E-state index in [-0.39, 0.29) is 11.2 Å². The Hall–Kier alpha value is -1.89. The predicted octanol–water partition coefficient (Wildman–Crippen LogP) is 3.21. The van der Waals surface area contributed by atoms with Crippen molar-refractivity contribution in [1.29, 1.82) is 0 Å². The zero-order valence-corrected chi connectivity index (χ0v) is 15.8. The summed E-state index contributed by atoms with van der Waals surface area (Å²) in [7, 11) is 0. The molecule has 0 aromatic carbocycles. The summed E-state index contributed by atoms with van der Waals surface area (Å²) < 4.78 is 1.77. The Bertz CT molecular complexity index is 722. The lowest BCUT2D eigenvalue weighted by atomic mass is 9.95. The molecule has 1 aliphatic rings. The predicted molar refractivity (Wildman–Crippen MR) is 99.0 cm³/mol. The van der Waals surface area contributed by atoms with Crippen LogP contribution in [0.15, 0.2) is 23.2 Å². The Balaban J connectivity index is 1.58. The highest BCUT2D eigenvalue weighted by atomic mass is 32.2. The number of nitrogens with one attached hydrogen (secondary N) is 1. The van der Waals surface area contributed by atoms with Crippen molar-refractivity contribution in [2.24, 2.45) is 0 Å². The molecule has 1 saturated carbocycles. The van der Waals surface area contributed by atoms with Gasteiger partial charge in [-0.05, 0) is 51.8 Å². The molecule has 2 heterocycles. The molecule has 0 bridgehead atoms. The van der Waals surface area contributed by atoms with E-state index in [4.69, 9.17) is 0 Å². The highest BCUT2D eigenvalue weighted by Gasteiger charge is 2.21. The van der Waals surface area contributed by atoms with Gasteiger partial charge in [0.05, 0.1) is 10.9 Å². The van der Waals surface area contributed by atoms with Gasteiger partial charge in [-0.15, -0.1) is 10.2 Å². The molecule has 7 heteroatoms. The van der Waals surface area contributed by atoms with Crippen molar-refractivity contribution < 1.29 is 4.79 Å². The number of rotatable bonds is 5. The summed E-state index contributed by atoms with van der Waals surface area (Å²) in [5, 5.41) is 16.6. The Morgan fingerprint density at radius 2 is 2.00 bits per heavy atom.